The lowest BCUT2D eigenvalue weighted by molar-refractivity contribution is -0.116. The number of nitrogens with one attached hydrogen (secondary N) is 1. The minimum atomic E-state index is -1.12. The zero-order chi connectivity index (χ0) is 15.2. The van der Waals surface area contributed by atoms with Gasteiger partial charge >= 0.3 is 5.97 Å². The number of benzene rings is 1. The Morgan fingerprint density at radius 2 is 2.10 bits per heavy atom. The van der Waals surface area contributed by atoms with Gasteiger partial charge in [-0.25, -0.2) is 4.79 Å². The number of carboxylic acid groups (broad SMARTS) is 1. The minimum Gasteiger partial charge on any atom is -0.478 e. The summed E-state index contributed by atoms with van der Waals surface area (Å²) in [5.41, 5.74) is 0.266. The first-order valence-electron chi connectivity index (χ1n) is 6.41. The van der Waals surface area contributed by atoms with Crippen LogP contribution in [0.3, 0.4) is 0 Å². The number of hydrogen-bond donors (Lipinski definition) is 2. The van der Waals surface area contributed by atoms with Gasteiger partial charge in [0.2, 0.25) is 5.91 Å². The molecule has 0 bridgehead atoms. The molecule has 21 heavy (non-hydrogen) atoms. The van der Waals surface area contributed by atoms with E-state index in [1.165, 1.54) is 17.0 Å². The SMILES string of the molecule is O=C(CCCc1cccs1)Nc1ccc(Cl)cc1C(=O)O. The van der Waals surface area contributed by atoms with Crippen LogP contribution >= 0.6 is 22.9 Å². The van der Waals surface area contributed by atoms with Crippen molar-refractivity contribution in [3.63, 3.8) is 0 Å². The van der Waals surface area contributed by atoms with E-state index in [4.69, 9.17) is 16.7 Å². The highest BCUT2D eigenvalue weighted by Gasteiger charge is 2.13. The number of carbonyl (C=O) groups is 2. The first-order valence-corrected chi connectivity index (χ1v) is 7.67. The molecule has 0 atom stereocenters. The Morgan fingerprint density at radius 1 is 1.29 bits per heavy atom. The number of carbonyl (C=O) groups excluding carboxylic acids is 1. The van der Waals surface area contributed by atoms with E-state index < -0.39 is 5.97 Å². The fourth-order valence-corrected chi connectivity index (χ4v) is 2.82. The summed E-state index contributed by atoms with van der Waals surface area (Å²) in [5.74, 6) is -1.32. The van der Waals surface area contributed by atoms with Gasteiger partial charge in [0, 0.05) is 16.3 Å². The molecule has 1 aromatic heterocycles. The maximum Gasteiger partial charge on any atom is 0.337 e. The molecule has 110 valence electrons. The van der Waals surface area contributed by atoms with Crippen LogP contribution in [-0.2, 0) is 11.2 Å². The topological polar surface area (TPSA) is 66.4 Å². The second kappa shape index (κ2) is 7.24. The van der Waals surface area contributed by atoms with Gasteiger partial charge in [-0.2, -0.15) is 0 Å². The molecule has 1 aromatic carbocycles. The molecule has 4 nitrogen and oxygen atoms in total. The molecule has 0 aliphatic heterocycles. The quantitative estimate of drug-likeness (QED) is 0.842. The van der Waals surface area contributed by atoms with Gasteiger partial charge in [-0.3, -0.25) is 4.79 Å². The third-order valence-corrected chi connectivity index (χ3v) is 4.06. The summed E-state index contributed by atoms with van der Waals surface area (Å²) in [6.45, 7) is 0. The largest absolute Gasteiger partial charge is 0.478 e. The van der Waals surface area contributed by atoms with Gasteiger partial charge in [-0.1, -0.05) is 17.7 Å². The van der Waals surface area contributed by atoms with Gasteiger partial charge in [-0.15, -0.1) is 11.3 Å². The van der Waals surface area contributed by atoms with Crippen molar-refractivity contribution in [2.75, 3.05) is 5.32 Å². The van der Waals surface area contributed by atoms with E-state index >= 15 is 0 Å². The Bertz CT molecular complexity index is 640. The minimum absolute atomic E-state index is 0.00546. The molecule has 0 radical (unpaired) electrons. The van der Waals surface area contributed by atoms with Crippen LogP contribution in [-0.4, -0.2) is 17.0 Å². The van der Waals surface area contributed by atoms with Gasteiger partial charge in [0.15, 0.2) is 0 Å². The van der Waals surface area contributed by atoms with Crippen molar-refractivity contribution in [1.29, 1.82) is 0 Å². The van der Waals surface area contributed by atoms with E-state index in [1.54, 1.807) is 17.4 Å². The molecule has 1 amide bonds. The second-order valence-electron chi connectivity index (χ2n) is 4.48. The molecule has 0 spiro atoms. The number of anilines is 1. The molecule has 0 aliphatic rings. The van der Waals surface area contributed by atoms with Crippen LogP contribution in [0.5, 0.6) is 0 Å². The molecule has 6 heteroatoms. The number of rotatable bonds is 6. The lowest BCUT2D eigenvalue weighted by Gasteiger charge is -2.08. The predicted octanol–water partition coefficient (Wildman–Crippen LogP) is 4.06. The molecule has 1 heterocycles. The summed E-state index contributed by atoms with van der Waals surface area (Å²) in [4.78, 5) is 24.2. The van der Waals surface area contributed by atoms with E-state index in [0.29, 0.717) is 11.4 Å². The maximum absolute atomic E-state index is 11.9. The normalized spacial score (nSPS) is 10.3. The van der Waals surface area contributed by atoms with Crippen LogP contribution in [0.2, 0.25) is 5.02 Å². The first kappa shape index (κ1) is 15.5. The highest BCUT2D eigenvalue weighted by Crippen LogP contribution is 2.21. The highest BCUT2D eigenvalue weighted by molar-refractivity contribution is 7.09. The monoisotopic (exact) mass is 323 g/mol. The summed E-state index contributed by atoms with van der Waals surface area (Å²) in [6, 6.07) is 8.39. The zero-order valence-electron chi connectivity index (χ0n) is 11.1. The number of carboxylic acids is 1. The van der Waals surface area contributed by atoms with Crippen molar-refractivity contribution in [1.82, 2.24) is 0 Å². The average Bonchev–Trinajstić information content (AvgIpc) is 2.94. The Kier molecular flexibility index (Phi) is 5.36. The van der Waals surface area contributed by atoms with Crippen LogP contribution in [0.15, 0.2) is 35.7 Å². The zero-order valence-corrected chi connectivity index (χ0v) is 12.7. The number of halogens is 1. The van der Waals surface area contributed by atoms with Crippen molar-refractivity contribution in [2.45, 2.75) is 19.3 Å². The van der Waals surface area contributed by atoms with E-state index in [9.17, 15) is 9.59 Å². The average molecular weight is 324 g/mol. The van der Waals surface area contributed by atoms with E-state index in [0.717, 1.165) is 12.8 Å². The van der Waals surface area contributed by atoms with Gasteiger partial charge in [-0.05, 0) is 42.5 Å². The summed E-state index contributed by atoms with van der Waals surface area (Å²) < 4.78 is 0. The Morgan fingerprint density at radius 3 is 2.76 bits per heavy atom. The maximum atomic E-state index is 11.9. The van der Waals surface area contributed by atoms with Crippen LogP contribution in [0.1, 0.15) is 28.1 Å². The smallest absolute Gasteiger partial charge is 0.337 e. The van der Waals surface area contributed by atoms with Crippen molar-refractivity contribution in [2.24, 2.45) is 0 Å². The number of thiophene rings is 1. The Labute approximate surface area is 131 Å². The van der Waals surface area contributed by atoms with Crippen LogP contribution in [0, 0.1) is 0 Å². The summed E-state index contributed by atoms with van der Waals surface area (Å²) in [5, 5.41) is 14.0. The molecule has 0 aliphatic carbocycles. The van der Waals surface area contributed by atoms with Crippen LogP contribution in [0.25, 0.3) is 0 Å². The van der Waals surface area contributed by atoms with Gasteiger partial charge in [0.05, 0.1) is 11.3 Å². The first-order chi connectivity index (χ1) is 10.1. The van der Waals surface area contributed by atoms with E-state index in [1.807, 2.05) is 17.5 Å². The van der Waals surface area contributed by atoms with Gasteiger partial charge in [0.25, 0.3) is 0 Å². The van der Waals surface area contributed by atoms with E-state index in [-0.39, 0.29) is 17.2 Å². The fourth-order valence-electron chi connectivity index (χ4n) is 1.89. The lowest BCUT2D eigenvalue weighted by atomic mass is 10.1. The molecule has 0 saturated carbocycles. The molecule has 2 rings (SSSR count). The molecule has 0 unspecified atom stereocenters. The van der Waals surface area contributed by atoms with Crippen molar-refractivity contribution < 1.29 is 14.7 Å². The highest BCUT2D eigenvalue weighted by atomic mass is 35.5. The Hall–Kier alpha value is -1.85. The third-order valence-electron chi connectivity index (χ3n) is 2.89. The molecular formula is C15H14ClNO3S. The third kappa shape index (κ3) is 4.58. The van der Waals surface area contributed by atoms with E-state index in [2.05, 4.69) is 5.32 Å². The summed E-state index contributed by atoms with van der Waals surface area (Å²) in [6.07, 6.45) is 1.92. The van der Waals surface area contributed by atoms with Gasteiger partial charge in [0.1, 0.15) is 0 Å². The van der Waals surface area contributed by atoms with Gasteiger partial charge < -0.3 is 10.4 Å². The Balaban J connectivity index is 1.92. The molecule has 0 fully saturated rings. The van der Waals surface area contributed by atoms with Crippen LogP contribution in [0.4, 0.5) is 5.69 Å². The van der Waals surface area contributed by atoms with Crippen molar-refractivity contribution in [3.8, 4) is 0 Å². The number of aryl methyl sites for hydroxylation is 1. The molecule has 2 N–H and O–H groups in total. The van der Waals surface area contributed by atoms with Crippen molar-refractivity contribution >= 4 is 40.5 Å². The van der Waals surface area contributed by atoms with Crippen molar-refractivity contribution in [3.05, 3.63) is 51.2 Å². The second-order valence-corrected chi connectivity index (χ2v) is 5.94. The molecular weight excluding hydrogens is 310 g/mol. The number of aromatic carboxylic acids is 1. The standard InChI is InChI=1S/C15H14ClNO3S/c16-10-6-7-13(12(9-10)15(19)20)17-14(18)5-1-3-11-4-2-8-21-11/h2,4,6-9H,1,3,5H2,(H,17,18)(H,19,20). The molecule has 2 aromatic rings. The van der Waals surface area contributed by atoms with Crippen LogP contribution < -0.4 is 5.32 Å². The number of amides is 1. The predicted molar refractivity (Wildman–Crippen MR) is 84.3 cm³/mol. The number of hydrogen-bond acceptors (Lipinski definition) is 3. The fraction of sp³-hybridized carbons (Fsp3) is 0.200. The lowest BCUT2D eigenvalue weighted by Crippen LogP contribution is -2.14. The molecule has 0 saturated heterocycles. The summed E-state index contributed by atoms with van der Waals surface area (Å²) >= 11 is 7.43. The summed E-state index contributed by atoms with van der Waals surface area (Å²) in [7, 11) is 0.